The number of unbranched alkanes of at least 4 members (excludes halogenated alkanes) is 9. The van der Waals surface area contributed by atoms with E-state index in [4.69, 9.17) is 11.6 Å². The van der Waals surface area contributed by atoms with E-state index in [0.717, 1.165) is 12.8 Å². The van der Waals surface area contributed by atoms with Crippen LogP contribution in [0.5, 0.6) is 0 Å². The van der Waals surface area contributed by atoms with Crippen molar-refractivity contribution < 1.29 is 0 Å². The Kier molecular flexibility index (Phi) is 12.0. The van der Waals surface area contributed by atoms with Gasteiger partial charge in [0.25, 0.3) is 5.56 Å². The SMILES string of the molecule is CCCCCCCCC(CCCCCCC)n1ccc(Cl)cc1=O. The van der Waals surface area contributed by atoms with E-state index in [2.05, 4.69) is 13.8 Å². The fraction of sp³-hybridized carbons (Fsp3) is 0.762. The first-order valence-electron chi connectivity index (χ1n) is 10.1. The van der Waals surface area contributed by atoms with Crippen LogP contribution in [0.25, 0.3) is 0 Å². The summed E-state index contributed by atoms with van der Waals surface area (Å²) in [7, 11) is 0. The number of halogens is 1. The first-order chi connectivity index (χ1) is 11.7. The van der Waals surface area contributed by atoms with Crippen LogP contribution in [0.4, 0.5) is 0 Å². The first kappa shape index (κ1) is 21.3. The molecule has 0 spiro atoms. The number of pyridine rings is 1. The van der Waals surface area contributed by atoms with Gasteiger partial charge in [0.1, 0.15) is 0 Å². The van der Waals surface area contributed by atoms with Crippen molar-refractivity contribution in [2.45, 2.75) is 103 Å². The lowest BCUT2D eigenvalue weighted by Crippen LogP contribution is -2.23. The quantitative estimate of drug-likeness (QED) is 0.325. The number of hydrogen-bond acceptors (Lipinski definition) is 1. The molecule has 1 aromatic heterocycles. The van der Waals surface area contributed by atoms with Crippen LogP contribution >= 0.6 is 11.6 Å². The molecule has 0 saturated carbocycles. The van der Waals surface area contributed by atoms with E-state index in [9.17, 15) is 4.79 Å². The lowest BCUT2D eigenvalue weighted by Gasteiger charge is -2.20. The summed E-state index contributed by atoms with van der Waals surface area (Å²) in [4.78, 5) is 12.3. The number of nitrogens with zero attached hydrogens (tertiary/aromatic N) is 1. The summed E-state index contributed by atoms with van der Waals surface area (Å²) in [6.45, 7) is 4.50. The molecular weight excluding hydrogens is 318 g/mol. The van der Waals surface area contributed by atoms with Gasteiger partial charge >= 0.3 is 0 Å². The number of rotatable bonds is 14. The molecule has 24 heavy (non-hydrogen) atoms. The van der Waals surface area contributed by atoms with Crippen molar-refractivity contribution in [3.63, 3.8) is 0 Å². The van der Waals surface area contributed by atoms with Gasteiger partial charge in [0, 0.05) is 23.3 Å². The molecule has 0 aliphatic rings. The second-order valence-electron chi connectivity index (χ2n) is 7.00. The van der Waals surface area contributed by atoms with Gasteiger partial charge in [-0.1, -0.05) is 96.1 Å². The van der Waals surface area contributed by atoms with Crippen molar-refractivity contribution in [2.24, 2.45) is 0 Å². The summed E-state index contributed by atoms with van der Waals surface area (Å²) in [5.74, 6) is 0. The molecule has 0 amide bonds. The van der Waals surface area contributed by atoms with Crippen molar-refractivity contribution >= 4 is 11.6 Å². The third-order valence-electron chi connectivity index (χ3n) is 4.84. The van der Waals surface area contributed by atoms with Crippen molar-refractivity contribution in [2.75, 3.05) is 0 Å². The van der Waals surface area contributed by atoms with Gasteiger partial charge in [-0.15, -0.1) is 0 Å². The van der Waals surface area contributed by atoms with Crippen LogP contribution < -0.4 is 5.56 Å². The van der Waals surface area contributed by atoms with E-state index in [1.165, 1.54) is 70.6 Å². The molecule has 1 unspecified atom stereocenters. The number of aromatic nitrogens is 1. The maximum atomic E-state index is 12.3. The lowest BCUT2D eigenvalue weighted by atomic mass is 10.00. The maximum absolute atomic E-state index is 12.3. The van der Waals surface area contributed by atoms with Gasteiger partial charge in [-0.05, 0) is 18.9 Å². The smallest absolute Gasteiger partial charge is 0.252 e. The Morgan fingerprint density at radius 1 is 0.875 bits per heavy atom. The summed E-state index contributed by atoms with van der Waals surface area (Å²) in [6, 6.07) is 3.73. The average Bonchev–Trinajstić information content (AvgIpc) is 2.56. The summed E-state index contributed by atoms with van der Waals surface area (Å²) in [6.07, 6.45) is 18.3. The van der Waals surface area contributed by atoms with Crippen molar-refractivity contribution in [1.82, 2.24) is 4.57 Å². The molecule has 1 aromatic rings. The first-order valence-corrected chi connectivity index (χ1v) is 10.4. The van der Waals surface area contributed by atoms with Crippen LogP contribution in [0, 0.1) is 0 Å². The van der Waals surface area contributed by atoms with Crippen LogP contribution in [0.2, 0.25) is 5.02 Å². The zero-order chi connectivity index (χ0) is 17.6. The highest BCUT2D eigenvalue weighted by Gasteiger charge is 2.12. The molecule has 0 bridgehead atoms. The highest BCUT2D eigenvalue weighted by atomic mass is 35.5. The third-order valence-corrected chi connectivity index (χ3v) is 5.07. The molecule has 0 saturated heterocycles. The van der Waals surface area contributed by atoms with Crippen LogP contribution in [0.3, 0.4) is 0 Å². The Morgan fingerprint density at radius 2 is 1.38 bits per heavy atom. The predicted octanol–water partition coefficient (Wildman–Crippen LogP) is 7.15. The molecule has 2 nitrogen and oxygen atoms in total. The van der Waals surface area contributed by atoms with E-state index in [1.807, 2.05) is 16.8 Å². The van der Waals surface area contributed by atoms with Gasteiger partial charge in [-0.3, -0.25) is 4.79 Å². The van der Waals surface area contributed by atoms with Gasteiger partial charge < -0.3 is 4.57 Å². The minimum absolute atomic E-state index is 0.0482. The standard InChI is InChI=1S/C21H36ClNO/c1-3-5-7-9-11-13-15-20(14-12-10-8-6-4-2)23-17-16-19(22)18-21(23)24/h16-18,20H,3-15H2,1-2H3. The molecule has 1 heterocycles. The minimum Gasteiger partial charge on any atom is -0.312 e. The zero-order valence-corrected chi connectivity index (χ0v) is 16.5. The summed E-state index contributed by atoms with van der Waals surface area (Å²) in [5, 5.41) is 0.539. The van der Waals surface area contributed by atoms with Crippen LogP contribution in [0.15, 0.2) is 23.1 Å². The van der Waals surface area contributed by atoms with Crippen molar-refractivity contribution in [1.29, 1.82) is 0 Å². The molecule has 0 aliphatic heterocycles. The van der Waals surface area contributed by atoms with Crippen molar-refractivity contribution in [3.05, 3.63) is 33.7 Å². The van der Waals surface area contributed by atoms with E-state index < -0.39 is 0 Å². The Morgan fingerprint density at radius 3 is 1.88 bits per heavy atom. The molecule has 1 rings (SSSR count). The third kappa shape index (κ3) is 8.92. The average molecular weight is 354 g/mol. The molecule has 0 aliphatic carbocycles. The van der Waals surface area contributed by atoms with E-state index in [1.54, 1.807) is 6.07 Å². The van der Waals surface area contributed by atoms with E-state index in [-0.39, 0.29) is 5.56 Å². The second-order valence-corrected chi connectivity index (χ2v) is 7.44. The topological polar surface area (TPSA) is 22.0 Å². The molecule has 0 radical (unpaired) electrons. The highest BCUT2D eigenvalue weighted by Crippen LogP contribution is 2.23. The molecule has 138 valence electrons. The Labute approximate surface area is 153 Å². The molecule has 0 N–H and O–H groups in total. The van der Waals surface area contributed by atoms with Crippen LogP contribution in [-0.4, -0.2) is 4.57 Å². The zero-order valence-electron chi connectivity index (χ0n) is 15.7. The monoisotopic (exact) mass is 353 g/mol. The second kappa shape index (κ2) is 13.5. The normalized spacial score (nSPS) is 12.5. The van der Waals surface area contributed by atoms with Crippen LogP contribution in [0.1, 0.15) is 103 Å². The van der Waals surface area contributed by atoms with Crippen LogP contribution in [-0.2, 0) is 0 Å². The Balaban J connectivity index is 2.50. The van der Waals surface area contributed by atoms with Gasteiger partial charge in [-0.25, -0.2) is 0 Å². The lowest BCUT2D eigenvalue weighted by molar-refractivity contribution is 0.386. The fourth-order valence-corrected chi connectivity index (χ4v) is 3.48. The maximum Gasteiger partial charge on any atom is 0.252 e. The molecule has 0 aromatic carbocycles. The molecule has 3 heteroatoms. The number of hydrogen-bond donors (Lipinski definition) is 0. The van der Waals surface area contributed by atoms with E-state index >= 15 is 0 Å². The van der Waals surface area contributed by atoms with E-state index in [0.29, 0.717) is 11.1 Å². The minimum atomic E-state index is 0.0482. The summed E-state index contributed by atoms with van der Waals surface area (Å²) < 4.78 is 1.91. The molecular formula is C21H36ClNO. The summed E-state index contributed by atoms with van der Waals surface area (Å²) in [5.41, 5.74) is 0.0482. The predicted molar refractivity (Wildman–Crippen MR) is 106 cm³/mol. The largest absolute Gasteiger partial charge is 0.312 e. The molecule has 0 fully saturated rings. The van der Waals surface area contributed by atoms with Gasteiger partial charge in [0.2, 0.25) is 0 Å². The fourth-order valence-electron chi connectivity index (χ4n) is 3.33. The van der Waals surface area contributed by atoms with Gasteiger partial charge in [-0.2, -0.15) is 0 Å². The Bertz CT molecular complexity index is 483. The molecule has 1 atom stereocenters. The highest BCUT2D eigenvalue weighted by molar-refractivity contribution is 6.30. The van der Waals surface area contributed by atoms with Gasteiger partial charge in [0.05, 0.1) is 0 Å². The van der Waals surface area contributed by atoms with Gasteiger partial charge in [0.15, 0.2) is 0 Å². The Hall–Kier alpha value is -0.760. The summed E-state index contributed by atoms with van der Waals surface area (Å²) >= 11 is 5.95. The van der Waals surface area contributed by atoms with Crippen molar-refractivity contribution in [3.8, 4) is 0 Å².